The summed E-state index contributed by atoms with van der Waals surface area (Å²) in [4.78, 5) is 70.5. The standard InChI is InChI=1S/C42H48F2N8O6/c1-21(2)35(49-41(55)57-5)39(53)51-15-7-9-33(51)37-45-29-17-25(27(43)19-31(29)47-37)23-11-13-24(14-12-23)26-18-30-32(20-28(26)44)48-38(46-30)34-10-8-16-52(34)40(54)36(22(3)4)50-42(56)58-6/h11-14,17-22,33-36H,7-10,15-16H2,1-6H3,(H,45,47)(H,46,48)(H,49,55)(H,50,56)/t33-,34-,35-,36?/m0/s1. The number of alkyl carbamates (subject to hydrolysis) is 2. The van der Waals surface area contributed by atoms with Gasteiger partial charge in [-0.15, -0.1) is 0 Å². The Morgan fingerprint density at radius 3 is 1.40 bits per heavy atom. The van der Waals surface area contributed by atoms with E-state index in [4.69, 9.17) is 9.47 Å². The molecule has 0 spiro atoms. The Bertz CT molecular complexity index is 2200. The van der Waals surface area contributed by atoms with Crippen LogP contribution in [0.25, 0.3) is 44.3 Å². The van der Waals surface area contributed by atoms with Crippen molar-refractivity contribution in [2.45, 2.75) is 77.5 Å². The van der Waals surface area contributed by atoms with Crippen molar-refractivity contribution in [2.75, 3.05) is 27.3 Å². The number of H-pyrrole nitrogens is 2. The van der Waals surface area contributed by atoms with E-state index in [1.54, 1.807) is 46.2 Å². The number of methoxy groups -OCH3 is 2. The zero-order valence-corrected chi connectivity index (χ0v) is 33.3. The lowest BCUT2D eigenvalue weighted by Gasteiger charge is -2.29. The molecule has 2 aliphatic heterocycles. The third-order valence-electron chi connectivity index (χ3n) is 11.2. The molecule has 16 heteroatoms. The molecule has 2 saturated heterocycles. The first kappa shape index (κ1) is 40.1. The molecule has 2 fully saturated rings. The first-order chi connectivity index (χ1) is 27.8. The van der Waals surface area contributed by atoms with Gasteiger partial charge in [0.15, 0.2) is 0 Å². The van der Waals surface area contributed by atoms with E-state index < -0.39 is 35.9 Å². The van der Waals surface area contributed by atoms with Gasteiger partial charge in [-0.1, -0.05) is 52.0 Å². The molecule has 2 aliphatic rings. The van der Waals surface area contributed by atoms with E-state index in [2.05, 4.69) is 30.6 Å². The molecule has 0 radical (unpaired) electrons. The Balaban J connectivity index is 1.11. The summed E-state index contributed by atoms with van der Waals surface area (Å²) in [5, 5.41) is 5.29. The second kappa shape index (κ2) is 16.4. The minimum Gasteiger partial charge on any atom is -0.453 e. The average molecular weight is 799 g/mol. The number of likely N-dealkylation sites (tertiary alicyclic amines) is 2. The molecule has 0 saturated carbocycles. The van der Waals surface area contributed by atoms with E-state index in [0.29, 0.717) is 81.9 Å². The second-order valence-corrected chi connectivity index (χ2v) is 15.6. The van der Waals surface area contributed by atoms with E-state index in [1.165, 1.54) is 26.4 Å². The molecule has 4 atom stereocenters. The summed E-state index contributed by atoms with van der Waals surface area (Å²) in [6.45, 7) is 8.37. The highest BCUT2D eigenvalue weighted by Gasteiger charge is 2.39. The van der Waals surface area contributed by atoms with E-state index in [-0.39, 0.29) is 35.7 Å². The molecule has 1 unspecified atom stereocenters. The Kier molecular flexibility index (Phi) is 11.4. The number of nitrogens with one attached hydrogen (secondary N) is 4. The number of hydrogen-bond acceptors (Lipinski definition) is 8. The summed E-state index contributed by atoms with van der Waals surface area (Å²) in [6, 6.07) is 10.7. The molecule has 0 aliphatic carbocycles. The van der Waals surface area contributed by atoms with Crippen molar-refractivity contribution < 1.29 is 37.4 Å². The Morgan fingerprint density at radius 2 is 1.05 bits per heavy atom. The third kappa shape index (κ3) is 7.79. The number of carbonyl (C=O) groups excluding carboxylic acids is 4. The normalized spacial score (nSPS) is 18.0. The molecule has 4 heterocycles. The number of ether oxygens (including phenoxy) is 2. The Hall–Kier alpha value is -6.06. The van der Waals surface area contributed by atoms with Gasteiger partial charge in [-0.05, 0) is 60.8 Å². The van der Waals surface area contributed by atoms with E-state index in [1.807, 2.05) is 27.7 Å². The van der Waals surface area contributed by atoms with Crippen molar-refractivity contribution in [3.63, 3.8) is 0 Å². The average Bonchev–Trinajstić information content (AvgIpc) is 4.03. The number of nitrogens with zero attached hydrogens (tertiary/aromatic N) is 4. The third-order valence-corrected chi connectivity index (χ3v) is 11.2. The second-order valence-electron chi connectivity index (χ2n) is 15.6. The van der Waals surface area contributed by atoms with Crippen LogP contribution in [0.4, 0.5) is 18.4 Å². The summed E-state index contributed by atoms with van der Waals surface area (Å²) in [5.41, 5.74) is 3.80. The fourth-order valence-corrected chi connectivity index (χ4v) is 8.08. The first-order valence-electron chi connectivity index (χ1n) is 19.6. The maximum absolute atomic E-state index is 15.7. The molecule has 4 amide bonds. The number of fused-ring (bicyclic) bond motifs is 2. The number of rotatable bonds is 10. The zero-order chi connectivity index (χ0) is 41.4. The van der Waals surface area contributed by atoms with Gasteiger partial charge in [0, 0.05) is 36.3 Å². The predicted molar refractivity (Wildman–Crippen MR) is 212 cm³/mol. The van der Waals surface area contributed by atoms with Crippen molar-refractivity contribution >= 4 is 46.1 Å². The summed E-state index contributed by atoms with van der Waals surface area (Å²) in [6.07, 6.45) is 1.43. The maximum Gasteiger partial charge on any atom is 0.407 e. The highest BCUT2D eigenvalue weighted by atomic mass is 19.1. The quantitative estimate of drug-likeness (QED) is 0.115. The lowest BCUT2D eigenvalue weighted by atomic mass is 9.99. The lowest BCUT2D eigenvalue weighted by Crippen LogP contribution is -2.51. The van der Waals surface area contributed by atoms with Gasteiger partial charge in [0.1, 0.15) is 35.4 Å². The summed E-state index contributed by atoms with van der Waals surface area (Å²) in [5.74, 6) is -0.755. The van der Waals surface area contributed by atoms with Gasteiger partial charge in [0.05, 0.1) is 48.4 Å². The molecule has 7 rings (SSSR count). The molecule has 4 N–H and O–H groups in total. The van der Waals surface area contributed by atoms with E-state index in [0.717, 1.165) is 12.8 Å². The number of imidazole rings is 2. The molecule has 3 aromatic carbocycles. The predicted octanol–water partition coefficient (Wildman–Crippen LogP) is 7.14. The number of aromatic nitrogens is 4. The van der Waals surface area contributed by atoms with E-state index in [9.17, 15) is 19.2 Å². The van der Waals surface area contributed by atoms with E-state index >= 15 is 8.78 Å². The summed E-state index contributed by atoms with van der Waals surface area (Å²) >= 11 is 0. The molecule has 0 bridgehead atoms. The number of hydrogen-bond donors (Lipinski definition) is 4. The number of carbonyl (C=O) groups is 4. The van der Waals surface area contributed by atoms with Crippen LogP contribution in [0.2, 0.25) is 0 Å². The number of halogens is 2. The molecule has 2 aromatic heterocycles. The minimum absolute atomic E-state index is 0.182. The number of amides is 4. The van der Waals surface area contributed by atoms with Crippen LogP contribution >= 0.6 is 0 Å². The Labute approximate surface area is 334 Å². The smallest absolute Gasteiger partial charge is 0.407 e. The molecular formula is C42H48F2N8O6. The van der Waals surface area contributed by atoms with Crippen molar-refractivity contribution in [2.24, 2.45) is 11.8 Å². The van der Waals surface area contributed by atoms with Crippen LogP contribution in [-0.2, 0) is 19.1 Å². The Morgan fingerprint density at radius 1 is 0.672 bits per heavy atom. The fraction of sp³-hybridized carbons (Fsp3) is 0.429. The van der Waals surface area contributed by atoms with Crippen molar-refractivity contribution in [1.29, 1.82) is 0 Å². The highest BCUT2D eigenvalue weighted by molar-refractivity contribution is 5.89. The van der Waals surface area contributed by atoms with Gasteiger partial charge >= 0.3 is 12.2 Å². The van der Waals surface area contributed by atoms with Crippen molar-refractivity contribution in [3.8, 4) is 22.3 Å². The van der Waals surface area contributed by atoms with Gasteiger partial charge < -0.3 is 39.9 Å². The van der Waals surface area contributed by atoms with Gasteiger partial charge in [0.25, 0.3) is 0 Å². The van der Waals surface area contributed by atoms with Crippen LogP contribution in [-0.4, -0.2) is 93.1 Å². The minimum atomic E-state index is -0.779. The summed E-state index contributed by atoms with van der Waals surface area (Å²) in [7, 11) is 2.50. The first-order valence-corrected chi connectivity index (χ1v) is 19.6. The van der Waals surface area contributed by atoms with Gasteiger partial charge in [0.2, 0.25) is 11.8 Å². The number of aromatic amines is 2. The van der Waals surface area contributed by atoms with Crippen LogP contribution in [0.1, 0.15) is 77.1 Å². The van der Waals surface area contributed by atoms with Crippen LogP contribution in [0, 0.1) is 23.5 Å². The molecular weight excluding hydrogens is 751 g/mol. The van der Waals surface area contributed by atoms with Gasteiger partial charge in [-0.25, -0.2) is 28.3 Å². The largest absolute Gasteiger partial charge is 0.453 e. The fourth-order valence-electron chi connectivity index (χ4n) is 8.08. The van der Waals surface area contributed by atoms with Crippen LogP contribution < -0.4 is 10.6 Å². The molecule has 306 valence electrons. The molecule has 58 heavy (non-hydrogen) atoms. The van der Waals surface area contributed by atoms with Crippen LogP contribution in [0.5, 0.6) is 0 Å². The van der Waals surface area contributed by atoms with Gasteiger partial charge in [-0.3, -0.25) is 9.59 Å². The SMILES string of the molecule is COC(=O)NC(C(=O)N1CCC[C@H]1c1nc2cc(F)c(-c3ccc(-c4cc5[nH]c([C@@H]6CCCN6C(=O)[C@@H](NC(=O)OC)C(C)C)nc5cc4F)cc3)cc2[nH]1)C(C)C. The topological polar surface area (TPSA) is 175 Å². The number of benzene rings is 3. The zero-order valence-electron chi connectivity index (χ0n) is 33.3. The molecule has 5 aromatic rings. The lowest BCUT2D eigenvalue weighted by molar-refractivity contribution is -0.136. The highest BCUT2D eigenvalue weighted by Crippen LogP contribution is 2.37. The van der Waals surface area contributed by atoms with Crippen LogP contribution in [0.15, 0.2) is 48.5 Å². The maximum atomic E-state index is 15.7. The molecule has 14 nitrogen and oxygen atoms in total. The monoisotopic (exact) mass is 798 g/mol. The van der Waals surface area contributed by atoms with Gasteiger partial charge in [-0.2, -0.15) is 0 Å². The summed E-state index contributed by atoms with van der Waals surface area (Å²) < 4.78 is 40.8. The van der Waals surface area contributed by atoms with Crippen molar-refractivity contribution in [1.82, 2.24) is 40.4 Å². The van der Waals surface area contributed by atoms with Crippen LogP contribution in [0.3, 0.4) is 0 Å². The van der Waals surface area contributed by atoms with Crippen molar-refractivity contribution in [3.05, 3.63) is 71.8 Å².